The molecule has 3 saturated heterocycles. The van der Waals surface area contributed by atoms with Crippen molar-refractivity contribution >= 4 is 5.91 Å². The highest BCUT2D eigenvalue weighted by Gasteiger charge is 2.43. The lowest BCUT2D eigenvalue weighted by atomic mass is 10.0. The fourth-order valence-corrected chi connectivity index (χ4v) is 3.98. The Balaban J connectivity index is 1.38. The topological polar surface area (TPSA) is 45.7 Å². The minimum Gasteiger partial charge on any atom is -0.380 e. The Morgan fingerprint density at radius 2 is 2.05 bits per heavy atom. The minimum absolute atomic E-state index is 0.133. The van der Waals surface area contributed by atoms with Crippen molar-refractivity contribution in [2.24, 2.45) is 11.8 Å². The fourth-order valence-electron chi connectivity index (χ4n) is 3.98. The van der Waals surface area contributed by atoms with Gasteiger partial charge in [0.05, 0.1) is 12.2 Å². The van der Waals surface area contributed by atoms with Gasteiger partial charge >= 0.3 is 0 Å². The summed E-state index contributed by atoms with van der Waals surface area (Å²) in [7, 11) is 0. The highest BCUT2D eigenvalue weighted by Crippen LogP contribution is 2.34. The van der Waals surface area contributed by atoms with Gasteiger partial charge in [0, 0.05) is 51.2 Å². The number of amides is 1. The van der Waals surface area contributed by atoms with E-state index in [2.05, 4.69) is 9.88 Å². The number of carbonyl (C=O) groups excluding carboxylic acids is 1. The Hall–Kier alpha value is -1.46. The standard InChI is InChI=1S/C16H21N3O2/c20-16(12-2-1-4-17-6-12)19-9-13-7-18(8-14(13)10-19)15-3-5-21-11-15/h1-2,4,6,13-15H,3,5,7-11H2/t13-,14+,15-/m0/s1. The second-order valence-corrected chi connectivity index (χ2v) is 6.44. The maximum atomic E-state index is 12.5. The molecule has 0 spiro atoms. The molecule has 4 heterocycles. The summed E-state index contributed by atoms with van der Waals surface area (Å²) in [6.07, 6.45) is 4.54. The summed E-state index contributed by atoms with van der Waals surface area (Å²) in [4.78, 5) is 21.1. The Bertz CT molecular complexity index is 502. The van der Waals surface area contributed by atoms with E-state index in [0.717, 1.165) is 45.8 Å². The first-order valence-electron chi connectivity index (χ1n) is 7.82. The van der Waals surface area contributed by atoms with Crippen molar-refractivity contribution in [1.29, 1.82) is 0 Å². The molecular weight excluding hydrogens is 266 g/mol. The minimum atomic E-state index is 0.133. The van der Waals surface area contributed by atoms with Crippen LogP contribution in [0.1, 0.15) is 16.8 Å². The monoisotopic (exact) mass is 287 g/mol. The zero-order valence-electron chi connectivity index (χ0n) is 12.1. The third kappa shape index (κ3) is 2.45. The molecule has 0 radical (unpaired) electrons. The molecule has 4 rings (SSSR count). The first-order chi connectivity index (χ1) is 10.3. The zero-order chi connectivity index (χ0) is 14.2. The van der Waals surface area contributed by atoms with Gasteiger partial charge in [-0.25, -0.2) is 0 Å². The molecule has 0 N–H and O–H groups in total. The quantitative estimate of drug-likeness (QED) is 0.810. The molecule has 0 saturated carbocycles. The van der Waals surface area contributed by atoms with Crippen LogP contribution in [-0.4, -0.2) is 66.1 Å². The molecule has 112 valence electrons. The summed E-state index contributed by atoms with van der Waals surface area (Å²) in [6.45, 7) is 5.82. The molecule has 21 heavy (non-hydrogen) atoms. The fraction of sp³-hybridized carbons (Fsp3) is 0.625. The number of ether oxygens (including phenoxy) is 1. The molecule has 0 aliphatic carbocycles. The van der Waals surface area contributed by atoms with Crippen molar-refractivity contribution in [1.82, 2.24) is 14.8 Å². The molecule has 0 aromatic carbocycles. The molecule has 0 bridgehead atoms. The normalized spacial score (nSPS) is 32.6. The number of rotatable bonds is 2. The average Bonchev–Trinajstić information content (AvgIpc) is 3.22. The molecule has 1 aromatic rings. The van der Waals surface area contributed by atoms with Gasteiger partial charge in [0.15, 0.2) is 0 Å². The van der Waals surface area contributed by atoms with Crippen molar-refractivity contribution in [3.05, 3.63) is 30.1 Å². The molecule has 3 aliphatic heterocycles. The number of hydrogen-bond donors (Lipinski definition) is 0. The summed E-state index contributed by atoms with van der Waals surface area (Å²) in [5.74, 6) is 1.39. The Morgan fingerprint density at radius 3 is 2.67 bits per heavy atom. The van der Waals surface area contributed by atoms with E-state index in [4.69, 9.17) is 4.74 Å². The van der Waals surface area contributed by atoms with Gasteiger partial charge < -0.3 is 9.64 Å². The zero-order valence-corrected chi connectivity index (χ0v) is 12.1. The summed E-state index contributed by atoms with van der Waals surface area (Å²) < 4.78 is 5.50. The number of fused-ring (bicyclic) bond motifs is 1. The number of carbonyl (C=O) groups is 1. The summed E-state index contributed by atoms with van der Waals surface area (Å²) in [5.41, 5.74) is 0.707. The SMILES string of the molecule is O=C(c1cccnc1)N1C[C@@H]2CN([C@H]3CCOC3)C[C@@H]2C1. The maximum Gasteiger partial charge on any atom is 0.255 e. The van der Waals surface area contributed by atoms with Crippen LogP contribution in [0.5, 0.6) is 0 Å². The number of likely N-dealkylation sites (tertiary alicyclic amines) is 2. The number of aromatic nitrogens is 1. The van der Waals surface area contributed by atoms with Crippen molar-refractivity contribution in [2.45, 2.75) is 12.5 Å². The van der Waals surface area contributed by atoms with E-state index in [1.54, 1.807) is 12.4 Å². The molecule has 1 aromatic heterocycles. The molecule has 3 aliphatic rings. The molecule has 0 unspecified atom stereocenters. The van der Waals surface area contributed by atoms with Crippen molar-refractivity contribution in [3.8, 4) is 0 Å². The predicted molar refractivity (Wildman–Crippen MR) is 77.9 cm³/mol. The highest BCUT2D eigenvalue weighted by atomic mass is 16.5. The average molecular weight is 287 g/mol. The van der Waals surface area contributed by atoms with Gasteiger partial charge in [-0.1, -0.05) is 0 Å². The lowest BCUT2D eigenvalue weighted by molar-refractivity contribution is 0.0766. The van der Waals surface area contributed by atoms with Crippen LogP contribution in [-0.2, 0) is 4.74 Å². The Morgan fingerprint density at radius 1 is 1.24 bits per heavy atom. The summed E-state index contributed by atoms with van der Waals surface area (Å²) >= 11 is 0. The molecule has 3 atom stereocenters. The maximum absolute atomic E-state index is 12.5. The molecule has 3 fully saturated rings. The van der Waals surface area contributed by atoms with E-state index in [-0.39, 0.29) is 5.91 Å². The van der Waals surface area contributed by atoms with Crippen LogP contribution in [0.4, 0.5) is 0 Å². The van der Waals surface area contributed by atoms with Crippen LogP contribution in [0.2, 0.25) is 0 Å². The van der Waals surface area contributed by atoms with E-state index < -0.39 is 0 Å². The van der Waals surface area contributed by atoms with Gasteiger partial charge in [0.25, 0.3) is 5.91 Å². The van der Waals surface area contributed by atoms with Gasteiger partial charge in [-0.15, -0.1) is 0 Å². The van der Waals surface area contributed by atoms with E-state index >= 15 is 0 Å². The van der Waals surface area contributed by atoms with E-state index in [9.17, 15) is 4.79 Å². The molecular formula is C16H21N3O2. The lowest BCUT2D eigenvalue weighted by Crippen LogP contribution is -2.38. The van der Waals surface area contributed by atoms with Gasteiger partial charge in [0.2, 0.25) is 0 Å². The number of nitrogens with zero attached hydrogens (tertiary/aromatic N) is 3. The first-order valence-corrected chi connectivity index (χ1v) is 7.82. The van der Waals surface area contributed by atoms with Crippen LogP contribution < -0.4 is 0 Å². The second kappa shape index (κ2) is 5.39. The summed E-state index contributed by atoms with van der Waals surface area (Å²) in [5, 5.41) is 0. The number of pyridine rings is 1. The lowest BCUT2D eigenvalue weighted by Gasteiger charge is -2.25. The third-order valence-corrected chi connectivity index (χ3v) is 5.13. The van der Waals surface area contributed by atoms with Crippen molar-refractivity contribution < 1.29 is 9.53 Å². The van der Waals surface area contributed by atoms with Gasteiger partial charge in [0.1, 0.15) is 0 Å². The molecule has 5 nitrogen and oxygen atoms in total. The van der Waals surface area contributed by atoms with Crippen LogP contribution in [0, 0.1) is 11.8 Å². The molecule has 5 heteroatoms. The van der Waals surface area contributed by atoms with Gasteiger partial charge in [-0.3, -0.25) is 14.7 Å². The third-order valence-electron chi connectivity index (χ3n) is 5.13. The second-order valence-electron chi connectivity index (χ2n) is 6.44. The highest BCUT2D eigenvalue weighted by molar-refractivity contribution is 5.94. The summed E-state index contributed by atoms with van der Waals surface area (Å²) in [6, 6.07) is 4.29. The van der Waals surface area contributed by atoms with Crippen LogP contribution >= 0.6 is 0 Å². The van der Waals surface area contributed by atoms with Gasteiger partial charge in [-0.05, 0) is 30.4 Å². The molecule has 1 amide bonds. The largest absolute Gasteiger partial charge is 0.380 e. The van der Waals surface area contributed by atoms with Crippen LogP contribution in [0.15, 0.2) is 24.5 Å². The predicted octanol–water partition coefficient (Wildman–Crippen LogP) is 0.874. The first kappa shape index (κ1) is 13.2. The van der Waals surface area contributed by atoms with E-state index in [1.807, 2.05) is 17.0 Å². The van der Waals surface area contributed by atoms with Crippen molar-refractivity contribution in [2.75, 3.05) is 39.4 Å². The van der Waals surface area contributed by atoms with E-state index in [0.29, 0.717) is 23.4 Å². The van der Waals surface area contributed by atoms with E-state index in [1.165, 1.54) is 0 Å². The van der Waals surface area contributed by atoms with Crippen LogP contribution in [0.25, 0.3) is 0 Å². The Kier molecular flexibility index (Phi) is 3.39. The smallest absolute Gasteiger partial charge is 0.255 e. The number of hydrogen-bond acceptors (Lipinski definition) is 4. The Labute approximate surface area is 124 Å². The van der Waals surface area contributed by atoms with Crippen LogP contribution in [0.3, 0.4) is 0 Å². The van der Waals surface area contributed by atoms with Crippen molar-refractivity contribution in [3.63, 3.8) is 0 Å². The van der Waals surface area contributed by atoms with Gasteiger partial charge in [-0.2, -0.15) is 0 Å².